The predicted molar refractivity (Wildman–Crippen MR) is 82.7 cm³/mol. The minimum atomic E-state index is 0.254. The molecule has 0 bridgehead atoms. The zero-order chi connectivity index (χ0) is 14.1. The molecule has 1 N–H and O–H groups in total. The summed E-state index contributed by atoms with van der Waals surface area (Å²) in [5.74, 6) is 0.967. The Hall–Kier alpha value is -0.580. The summed E-state index contributed by atoms with van der Waals surface area (Å²) < 4.78 is 12.1. The molecular weight excluding hydrogens is 306 g/mol. The van der Waals surface area contributed by atoms with Gasteiger partial charge in [-0.1, -0.05) is 29.3 Å². The molecular formula is C15H24BrNO2. The number of nitrogens with one attached hydrogen (secondary N) is 1. The van der Waals surface area contributed by atoms with E-state index in [1.807, 2.05) is 12.1 Å². The third-order valence-electron chi connectivity index (χ3n) is 2.84. The number of hydrogen-bond donors (Lipinski definition) is 1. The van der Waals surface area contributed by atoms with Crippen LogP contribution in [-0.2, 0) is 11.3 Å². The fourth-order valence-corrected chi connectivity index (χ4v) is 2.29. The average molecular weight is 330 g/mol. The lowest BCUT2D eigenvalue weighted by Crippen LogP contribution is -2.20. The highest BCUT2D eigenvalue weighted by Crippen LogP contribution is 2.24. The topological polar surface area (TPSA) is 30.5 Å². The van der Waals surface area contributed by atoms with Crippen molar-refractivity contribution in [2.45, 2.75) is 39.3 Å². The van der Waals surface area contributed by atoms with Crippen LogP contribution in [0.2, 0.25) is 0 Å². The van der Waals surface area contributed by atoms with Gasteiger partial charge in [-0.15, -0.1) is 0 Å². The second-order valence-corrected chi connectivity index (χ2v) is 5.55. The molecule has 1 aromatic carbocycles. The Morgan fingerprint density at radius 3 is 2.84 bits per heavy atom. The second kappa shape index (κ2) is 9.34. The smallest absolute Gasteiger partial charge is 0.124 e. The molecule has 0 aliphatic heterocycles. The summed E-state index contributed by atoms with van der Waals surface area (Å²) >= 11 is 3.51. The number of rotatable bonds is 9. The molecule has 0 aliphatic carbocycles. The van der Waals surface area contributed by atoms with Crippen LogP contribution in [0.1, 0.15) is 32.3 Å². The minimum Gasteiger partial charge on any atom is -0.490 e. The molecule has 19 heavy (non-hydrogen) atoms. The van der Waals surface area contributed by atoms with Crippen LogP contribution in [0.3, 0.4) is 0 Å². The Kier molecular flexibility index (Phi) is 8.10. The number of benzene rings is 1. The molecule has 4 heteroatoms. The van der Waals surface area contributed by atoms with Gasteiger partial charge in [0, 0.05) is 30.2 Å². The van der Waals surface area contributed by atoms with E-state index in [1.165, 1.54) is 5.56 Å². The first-order valence-electron chi connectivity index (χ1n) is 6.82. The van der Waals surface area contributed by atoms with Crippen molar-refractivity contribution in [2.75, 3.05) is 20.3 Å². The predicted octanol–water partition coefficient (Wildman–Crippen LogP) is 3.75. The van der Waals surface area contributed by atoms with Crippen LogP contribution < -0.4 is 10.1 Å². The average Bonchev–Trinajstić information content (AvgIpc) is 2.38. The van der Waals surface area contributed by atoms with Gasteiger partial charge in [-0.2, -0.15) is 0 Å². The zero-order valence-corrected chi connectivity index (χ0v) is 13.6. The van der Waals surface area contributed by atoms with Gasteiger partial charge in [-0.3, -0.25) is 0 Å². The minimum absolute atomic E-state index is 0.254. The molecule has 3 nitrogen and oxygen atoms in total. The fraction of sp³-hybridized carbons (Fsp3) is 0.600. The zero-order valence-electron chi connectivity index (χ0n) is 12.0. The van der Waals surface area contributed by atoms with Gasteiger partial charge in [0.05, 0.1) is 12.7 Å². The van der Waals surface area contributed by atoms with E-state index >= 15 is 0 Å². The Balaban J connectivity index is 2.62. The molecule has 0 saturated carbocycles. The summed E-state index contributed by atoms with van der Waals surface area (Å²) in [5.41, 5.74) is 1.17. The number of hydrogen-bond acceptors (Lipinski definition) is 3. The summed E-state index contributed by atoms with van der Waals surface area (Å²) in [6.45, 7) is 6.64. The van der Waals surface area contributed by atoms with Gasteiger partial charge < -0.3 is 14.8 Å². The first-order chi connectivity index (χ1) is 9.17. The maximum absolute atomic E-state index is 6.01. The lowest BCUT2D eigenvalue weighted by molar-refractivity contribution is 0.197. The van der Waals surface area contributed by atoms with Crippen LogP contribution in [0.5, 0.6) is 5.75 Å². The van der Waals surface area contributed by atoms with Crippen LogP contribution >= 0.6 is 15.9 Å². The van der Waals surface area contributed by atoms with Crippen molar-refractivity contribution in [1.82, 2.24) is 5.32 Å². The molecule has 0 saturated heterocycles. The molecule has 0 spiro atoms. The van der Waals surface area contributed by atoms with Crippen LogP contribution in [0, 0.1) is 0 Å². The van der Waals surface area contributed by atoms with Crippen LogP contribution in [0.4, 0.5) is 0 Å². The molecule has 0 aromatic heterocycles. The van der Waals surface area contributed by atoms with Crippen molar-refractivity contribution in [3.05, 3.63) is 28.2 Å². The van der Waals surface area contributed by atoms with Crippen molar-refractivity contribution in [3.63, 3.8) is 0 Å². The lowest BCUT2D eigenvalue weighted by Gasteiger charge is -2.17. The lowest BCUT2D eigenvalue weighted by atomic mass is 10.2. The highest BCUT2D eigenvalue weighted by atomic mass is 79.9. The number of ether oxygens (including phenoxy) is 2. The summed E-state index contributed by atoms with van der Waals surface area (Å²) in [7, 11) is 1.71. The van der Waals surface area contributed by atoms with Crippen molar-refractivity contribution < 1.29 is 9.47 Å². The van der Waals surface area contributed by atoms with Crippen LogP contribution in [-0.4, -0.2) is 26.4 Å². The first-order valence-corrected chi connectivity index (χ1v) is 7.61. The Morgan fingerprint density at radius 2 is 2.16 bits per heavy atom. The summed E-state index contributed by atoms with van der Waals surface area (Å²) in [6, 6.07) is 6.16. The Morgan fingerprint density at radius 1 is 1.37 bits per heavy atom. The molecule has 0 aliphatic rings. The second-order valence-electron chi connectivity index (χ2n) is 4.64. The van der Waals surface area contributed by atoms with Gasteiger partial charge in [0.25, 0.3) is 0 Å². The van der Waals surface area contributed by atoms with Crippen LogP contribution in [0.15, 0.2) is 22.7 Å². The van der Waals surface area contributed by atoms with Gasteiger partial charge in [0.15, 0.2) is 0 Å². The first kappa shape index (κ1) is 16.5. The van der Waals surface area contributed by atoms with Gasteiger partial charge in [-0.05, 0) is 31.5 Å². The van der Waals surface area contributed by atoms with E-state index in [2.05, 4.69) is 41.2 Å². The Bertz CT molecular complexity index is 371. The monoisotopic (exact) mass is 329 g/mol. The third-order valence-corrected chi connectivity index (χ3v) is 3.34. The normalized spacial score (nSPS) is 12.4. The SMILES string of the molecule is CCCC(C)Oc1ccc(Br)cc1CNCCOC. The highest BCUT2D eigenvalue weighted by Gasteiger charge is 2.08. The van der Waals surface area contributed by atoms with Gasteiger partial charge >= 0.3 is 0 Å². The van der Waals surface area contributed by atoms with Crippen molar-refractivity contribution in [1.29, 1.82) is 0 Å². The number of halogens is 1. The van der Waals surface area contributed by atoms with E-state index in [-0.39, 0.29) is 6.10 Å². The molecule has 0 radical (unpaired) electrons. The molecule has 1 aromatic rings. The highest BCUT2D eigenvalue weighted by molar-refractivity contribution is 9.10. The maximum Gasteiger partial charge on any atom is 0.124 e. The van der Waals surface area contributed by atoms with Crippen molar-refractivity contribution in [3.8, 4) is 5.75 Å². The largest absolute Gasteiger partial charge is 0.490 e. The van der Waals surface area contributed by atoms with E-state index < -0.39 is 0 Å². The quantitative estimate of drug-likeness (QED) is 0.700. The van der Waals surface area contributed by atoms with E-state index in [4.69, 9.17) is 9.47 Å². The molecule has 0 heterocycles. The maximum atomic E-state index is 6.01. The Labute approximate surface area is 124 Å². The molecule has 0 amide bonds. The third kappa shape index (κ3) is 6.41. The van der Waals surface area contributed by atoms with E-state index in [1.54, 1.807) is 7.11 Å². The van der Waals surface area contributed by atoms with Crippen molar-refractivity contribution in [2.24, 2.45) is 0 Å². The van der Waals surface area contributed by atoms with E-state index in [0.717, 1.165) is 42.8 Å². The molecule has 1 unspecified atom stereocenters. The van der Waals surface area contributed by atoms with Gasteiger partial charge in [-0.25, -0.2) is 0 Å². The summed E-state index contributed by atoms with van der Waals surface area (Å²) in [4.78, 5) is 0. The van der Waals surface area contributed by atoms with Gasteiger partial charge in [0.1, 0.15) is 5.75 Å². The van der Waals surface area contributed by atoms with E-state index in [9.17, 15) is 0 Å². The van der Waals surface area contributed by atoms with E-state index in [0.29, 0.717) is 0 Å². The molecule has 1 rings (SSSR count). The summed E-state index contributed by atoms with van der Waals surface area (Å²) in [6.07, 6.45) is 2.47. The summed E-state index contributed by atoms with van der Waals surface area (Å²) in [5, 5.41) is 3.35. The fourth-order valence-electron chi connectivity index (χ4n) is 1.88. The van der Waals surface area contributed by atoms with Gasteiger partial charge in [0.2, 0.25) is 0 Å². The standard InChI is InChI=1S/C15H24BrNO2/c1-4-5-12(2)19-15-7-6-14(16)10-13(15)11-17-8-9-18-3/h6-7,10,12,17H,4-5,8-9,11H2,1-3H3. The molecule has 108 valence electrons. The number of methoxy groups -OCH3 is 1. The van der Waals surface area contributed by atoms with Crippen molar-refractivity contribution >= 4 is 15.9 Å². The molecule has 0 fully saturated rings. The molecule has 1 atom stereocenters. The van der Waals surface area contributed by atoms with Crippen LogP contribution in [0.25, 0.3) is 0 Å².